The third-order valence-corrected chi connectivity index (χ3v) is 2.03. The molecule has 0 bridgehead atoms. The van der Waals surface area contributed by atoms with Gasteiger partial charge in [0.1, 0.15) is 0 Å². The molecule has 0 atom stereocenters. The second-order valence-electron chi connectivity index (χ2n) is 2.13. The standard InChI is InChI=1S/C8H7BrClN/c1-6(3-10)7-2-8(9)5-11-4-7/h2,4-5H,1,3H2. The van der Waals surface area contributed by atoms with Crippen LogP contribution in [0, 0.1) is 0 Å². The summed E-state index contributed by atoms with van der Waals surface area (Å²) in [6.07, 6.45) is 3.47. The Balaban J connectivity index is 2.96. The van der Waals surface area contributed by atoms with Gasteiger partial charge in [-0.1, -0.05) is 6.58 Å². The van der Waals surface area contributed by atoms with Gasteiger partial charge >= 0.3 is 0 Å². The van der Waals surface area contributed by atoms with E-state index in [9.17, 15) is 0 Å². The predicted octanol–water partition coefficient (Wildman–Crippen LogP) is 3.10. The van der Waals surface area contributed by atoms with E-state index in [1.165, 1.54) is 0 Å². The number of nitrogens with zero attached hydrogens (tertiary/aromatic N) is 1. The van der Waals surface area contributed by atoms with Crippen LogP contribution in [0.1, 0.15) is 5.56 Å². The molecule has 0 aromatic carbocycles. The maximum Gasteiger partial charge on any atom is 0.0474 e. The molecule has 0 aliphatic heterocycles. The fourth-order valence-electron chi connectivity index (χ4n) is 0.682. The van der Waals surface area contributed by atoms with Crippen molar-refractivity contribution >= 4 is 33.1 Å². The second kappa shape index (κ2) is 3.88. The van der Waals surface area contributed by atoms with Crippen LogP contribution in [0.3, 0.4) is 0 Å². The molecule has 1 heterocycles. The first-order chi connectivity index (χ1) is 5.24. The maximum atomic E-state index is 5.60. The van der Waals surface area contributed by atoms with Gasteiger partial charge in [-0.25, -0.2) is 0 Å². The van der Waals surface area contributed by atoms with Gasteiger partial charge in [0, 0.05) is 22.7 Å². The van der Waals surface area contributed by atoms with Gasteiger partial charge in [0.05, 0.1) is 0 Å². The lowest BCUT2D eigenvalue weighted by Crippen LogP contribution is -1.84. The highest BCUT2D eigenvalue weighted by Crippen LogP contribution is 2.16. The number of rotatable bonds is 2. The molecule has 1 nitrogen and oxygen atoms in total. The van der Waals surface area contributed by atoms with Crippen LogP contribution in [0.4, 0.5) is 0 Å². The second-order valence-corrected chi connectivity index (χ2v) is 3.31. The van der Waals surface area contributed by atoms with E-state index in [4.69, 9.17) is 11.6 Å². The van der Waals surface area contributed by atoms with Crippen molar-refractivity contribution in [3.63, 3.8) is 0 Å². The molecule has 0 spiro atoms. The van der Waals surface area contributed by atoms with Crippen LogP contribution < -0.4 is 0 Å². The number of pyridine rings is 1. The van der Waals surface area contributed by atoms with Gasteiger partial charge in [-0.15, -0.1) is 11.6 Å². The Bertz CT molecular complexity index is 273. The zero-order chi connectivity index (χ0) is 8.27. The Kier molecular flexibility index (Phi) is 3.09. The summed E-state index contributed by atoms with van der Waals surface area (Å²) in [5.41, 5.74) is 1.87. The Labute approximate surface area is 79.2 Å². The first-order valence-electron chi connectivity index (χ1n) is 3.08. The molecule has 0 aliphatic carbocycles. The summed E-state index contributed by atoms with van der Waals surface area (Å²) in [7, 11) is 0. The lowest BCUT2D eigenvalue weighted by molar-refractivity contribution is 1.29. The van der Waals surface area contributed by atoms with E-state index in [1.807, 2.05) is 6.07 Å². The third-order valence-electron chi connectivity index (χ3n) is 1.27. The Morgan fingerprint density at radius 1 is 1.64 bits per heavy atom. The summed E-state index contributed by atoms with van der Waals surface area (Å²) in [5.74, 6) is 0.443. The van der Waals surface area contributed by atoms with E-state index >= 15 is 0 Å². The molecule has 0 radical (unpaired) electrons. The van der Waals surface area contributed by atoms with Gasteiger partial charge in [0.15, 0.2) is 0 Å². The van der Waals surface area contributed by atoms with Crippen molar-refractivity contribution in [3.05, 3.63) is 35.1 Å². The Hall–Kier alpha value is -0.340. The zero-order valence-electron chi connectivity index (χ0n) is 5.85. The molecule has 1 rings (SSSR count). The molecule has 3 heteroatoms. The van der Waals surface area contributed by atoms with E-state index < -0.39 is 0 Å². The first-order valence-corrected chi connectivity index (χ1v) is 4.41. The highest BCUT2D eigenvalue weighted by molar-refractivity contribution is 9.10. The quantitative estimate of drug-likeness (QED) is 0.714. The first kappa shape index (κ1) is 8.75. The number of halogens is 2. The van der Waals surface area contributed by atoms with Gasteiger partial charge in [0.25, 0.3) is 0 Å². The summed E-state index contributed by atoms with van der Waals surface area (Å²) in [5, 5.41) is 0. The van der Waals surface area contributed by atoms with Crippen molar-refractivity contribution in [1.29, 1.82) is 0 Å². The Morgan fingerprint density at radius 2 is 2.36 bits per heavy atom. The lowest BCUT2D eigenvalue weighted by Gasteiger charge is -1.99. The van der Waals surface area contributed by atoms with Gasteiger partial charge in [-0.2, -0.15) is 0 Å². The molecular weight excluding hydrogens is 225 g/mol. The van der Waals surface area contributed by atoms with Crippen LogP contribution in [0.15, 0.2) is 29.5 Å². The van der Waals surface area contributed by atoms with Gasteiger partial charge < -0.3 is 0 Å². The molecule has 1 aromatic heterocycles. The average molecular weight is 233 g/mol. The van der Waals surface area contributed by atoms with Crippen LogP contribution >= 0.6 is 27.5 Å². The van der Waals surface area contributed by atoms with Crippen molar-refractivity contribution in [1.82, 2.24) is 4.98 Å². The minimum absolute atomic E-state index is 0.443. The molecule has 11 heavy (non-hydrogen) atoms. The van der Waals surface area contributed by atoms with Crippen LogP contribution in [-0.4, -0.2) is 10.9 Å². The minimum Gasteiger partial charge on any atom is -0.263 e. The molecular formula is C8H7BrClN. The fraction of sp³-hybridized carbons (Fsp3) is 0.125. The van der Waals surface area contributed by atoms with Crippen LogP contribution in [0.2, 0.25) is 0 Å². The van der Waals surface area contributed by atoms with Crippen LogP contribution in [0.5, 0.6) is 0 Å². The van der Waals surface area contributed by atoms with E-state index in [-0.39, 0.29) is 0 Å². The van der Waals surface area contributed by atoms with E-state index in [0.717, 1.165) is 15.6 Å². The van der Waals surface area contributed by atoms with E-state index in [1.54, 1.807) is 12.4 Å². The van der Waals surface area contributed by atoms with Gasteiger partial charge in [0.2, 0.25) is 0 Å². The van der Waals surface area contributed by atoms with Crippen LogP contribution in [-0.2, 0) is 0 Å². The van der Waals surface area contributed by atoms with Crippen molar-refractivity contribution < 1.29 is 0 Å². The number of hydrogen-bond acceptors (Lipinski definition) is 1. The molecule has 0 aliphatic rings. The molecule has 0 unspecified atom stereocenters. The average Bonchev–Trinajstić information content (AvgIpc) is 2.03. The number of alkyl halides is 1. The Morgan fingerprint density at radius 3 is 2.91 bits per heavy atom. The molecule has 0 amide bonds. The predicted molar refractivity (Wildman–Crippen MR) is 51.7 cm³/mol. The topological polar surface area (TPSA) is 12.9 Å². The number of aromatic nitrogens is 1. The number of hydrogen-bond donors (Lipinski definition) is 0. The maximum absolute atomic E-state index is 5.60. The largest absolute Gasteiger partial charge is 0.263 e. The number of allylic oxidation sites excluding steroid dienone is 1. The summed E-state index contributed by atoms with van der Waals surface area (Å²) in [4.78, 5) is 3.99. The van der Waals surface area contributed by atoms with Crippen molar-refractivity contribution in [2.45, 2.75) is 0 Å². The molecule has 58 valence electrons. The molecule has 1 aromatic rings. The van der Waals surface area contributed by atoms with Crippen molar-refractivity contribution in [2.75, 3.05) is 5.88 Å². The molecule has 0 saturated heterocycles. The molecule has 0 saturated carbocycles. The molecule has 0 N–H and O–H groups in total. The summed E-state index contributed by atoms with van der Waals surface area (Å²) in [6.45, 7) is 3.79. The fourth-order valence-corrected chi connectivity index (χ4v) is 1.20. The zero-order valence-corrected chi connectivity index (χ0v) is 8.19. The SMILES string of the molecule is C=C(CCl)c1cncc(Br)c1. The molecule has 0 fully saturated rings. The van der Waals surface area contributed by atoms with Gasteiger partial charge in [-0.05, 0) is 33.1 Å². The highest BCUT2D eigenvalue weighted by Gasteiger charge is 1.97. The van der Waals surface area contributed by atoms with Crippen LogP contribution in [0.25, 0.3) is 5.57 Å². The monoisotopic (exact) mass is 231 g/mol. The summed E-state index contributed by atoms with van der Waals surface area (Å²) < 4.78 is 0.946. The highest BCUT2D eigenvalue weighted by atomic mass is 79.9. The van der Waals surface area contributed by atoms with Gasteiger partial charge in [-0.3, -0.25) is 4.98 Å². The third kappa shape index (κ3) is 2.31. The summed E-state index contributed by atoms with van der Waals surface area (Å²) >= 11 is 8.91. The van der Waals surface area contributed by atoms with Crippen molar-refractivity contribution in [3.8, 4) is 0 Å². The van der Waals surface area contributed by atoms with Crippen molar-refractivity contribution in [2.24, 2.45) is 0 Å². The van der Waals surface area contributed by atoms with E-state index in [2.05, 4.69) is 27.5 Å². The smallest absolute Gasteiger partial charge is 0.0474 e. The van der Waals surface area contributed by atoms with E-state index in [0.29, 0.717) is 5.88 Å². The normalized spacial score (nSPS) is 9.64. The minimum atomic E-state index is 0.443. The summed E-state index contributed by atoms with van der Waals surface area (Å²) in [6, 6.07) is 1.94. The lowest BCUT2D eigenvalue weighted by atomic mass is 10.2.